The number of carbonyl (C=O) groups is 2. The summed E-state index contributed by atoms with van der Waals surface area (Å²) in [4.78, 5) is 26.4. The van der Waals surface area contributed by atoms with Crippen LogP contribution in [-0.2, 0) is 0 Å². The van der Waals surface area contributed by atoms with E-state index in [4.69, 9.17) is 4.42 Å². The van der Waals surface area contributed by atoms with E-state index in [0.29, 0.717) is 22.5 Å². The molecule has 0 spiro atoms. The van der Waals surface area contributed by atoms with E-state index in [0.717, 1.165) is 21.7 Å². The predicted octanol–water partition coefficient (Wildman–Crippen LogP) is 4.11. The molecular weight excluding hydrogens is 290 g/mol. The van der Waals surface area contributed by atoms with Gasteiger partial charge in [0.15, 0.2) is 5.78 Å². The summed E-state index contributed by atoms with van der Waals surface area (Å²) in [5.74, 6) is 0.359. The summed E-state index contributed by atoms with van der Waals surface area (Å²) >= 11 is 0. The van der Waals surface area contributed by atoms with Crippen LogP contribution in [-0.4, -0.2) is 30.7 Å². The van der Waals surface area contributed by atoms with Crippen LogP contribution in [0.15, 0.2) is 28.7 Å². The summed E-state index contributed by atoms with van der Waals surface area (Å²) < 4.78 is 5.88. The van der Waals surface area contributed by atoms with Gasteiger partial charge in [-0.05, 0) is 37.1 Å². The van der Waals surface area contributed by atoms with Gasteiger partial charge in [0.1, 0.15) is 11.3 Å². The summed E-state index contributed by atoms with van der Waals surface area (Å²) in [5, 5.41) is 2.64. The van der Waals surface area contributed by atoms with Crippen LogP contribution in [0.2, 0.25) is 0 Å². The monoisotopic (exact) mass is 309 g/mol. The van der Waals surface area contributed by atoms with Gasteiger partial charge < -0.3 is 9.32 Å². The Kier molecular flexibility index (Phi) is 3.48. The number of fused-ring (bicyclic) bond motifs is 3. The van der Waals surface area contributed by atoms with Crippen LogP contribution in [0.4, 0.5) is 0 Å². The summed E-state index contributed by atoms with van der Waals surface area (Å²) in [5.41, 5.74) is 2.48. The Hall–Kier alpha value is -2.62. The van der Waals surface area contributed by atoms with E-state index >= 15 is 0 Å². The van der Waals surface area contributed by atoms with Gasteiger partial charge in [-0.2, -0.15) is 0 Å². The Morgan fingerprint density at radius 1 is 1.00 bits per heavy atom. The van der Waals surface area contributed by atoms with Crippen LogP contribution >= 0.6 is 0 Å². The molecule has 0 saturated heterocycles. The number of benzene rings is 2. The molecule has 0 fully saturated rings. The van der Waals surface area contributed by atoms with Crippen LogP contribution < -0.4 is 0 Å². The Morgan fingerprint density at radius 3 is 2.17 bits per heavy atom. The first-order valence-corrected chi connectivity index (χ1v) is 7.51. The molecule has 0 aliphatic rings. The van der Waals surface area contributed by atoms with Crippen molar-refractivity contribution < 1.29 is 14.0 Å². The number of ketones is 1. The number of Topliss-reactive ketones (excluding diaryl/α,β-unsaturated/α-hetero) is 1. The van der Waals surface area contributed by atoms with Crippen LogP contribution in [0.25, 0.3) is 21.7 Å². The third-order valence-electron chi connectivity index (χ3n) is 4.26. The number of hydrogen-bond acceptors (Lipinski definition) is 3. The predicted molar refractivity (Wildman–Crippen MR) is 91.2 cm³/mol. The Balaban J connectivity index is 2.61. The number of aryl methyl sites for hydroxylation is 2. The first kappa shape index (κ1) is 15.3. The standard InChI is InChI=1S/C19H19NO3/c1-10-13-8-6-7-9-14(13)17-16(19(22)20(4)5)12(3)23-18(17)15(10)11(2)21/h6-9H,1-5H3. The lowest BCUT2D eigenvalue weighted by atomic mass is 9.92. The molecule has 3 rings (SSSR count). The molecule has 2 aromatic carbocycles. The highest BCUT2D eigenvalue weighted by atomic mass is 16.3. The Labute approximate surface area is 134 Å². The minimum Gasteiger partial charge on any atom is -0.460 e. The fourth-order valence-corrected chi connectivity index (χ4v) is 3.22. The summed E-state index contributed by atoms with van der Waals surface area (Å²) in [6.45, 7) is 5.22. The number of nitrogens with zero attached hydrogens (tertiary/aromatic N) is 1. The first-order valence-electron chi connectivity index (χ1n) is 7.51. The second-order valence-electron chi connectivity index (χ2n) is 6.04. The van der Waals surface area contributed by atoms with Gasteiger partial charge >= 0.3 is 0 Å². The van der Waals surface area contributed by atoms with Gasteiger partial charge in [0.2, 0.25) is 0 Å². The van der Waals surface area contributed by atoms with Crippen LogP contribution in [0.3, 0.4) is 0 Å². The maximum Gasteiger partial charge on any atom is 0.257 e. The molecule has 4 heteroatoms. The van der Waals surface area contributed by atoms with E-state index in [9.17, 15) is 9.59 Å². The third kappa shape index (κ3) is 2.13. The van der Waals surface area contributed by atoms with Crippen molar-refractivity contribution in [1.29, 1.82) is 0 Å². The zero-order chi connectivity index (χ0) is 16.9. The van der Waals surface area contributed by atoms with Crippen molar-refractivity contribution in [2.24, 2.45) is 0 Å². The molecule has 0 bridgehead atoms. The maximum atomic E-state index is 12.6. The van der Waals surface area contributed by atoms with Crippen molar-refractivity contribution in [1.82, 2.24) is 4.90 Å². The van der Waals surface area contributed by atoms with Gasteiger partial charge in [-0.1, -0.05) is 24.3 Å². The topological polar surface area (TPSA) is 50.5 Å². The van der Waals surface area contributed by atoms with Crippen LogP contribution in [0.5, 0.6) is 0 Å². The van der Waals surface area contributed by atoms with Gasteiger partial charge in [-0.3, -0.25) is 9.59 Å². The molecule has 23 heavy (non-hydrogen) atoms. The summed E-state index contributed by atoms with van der Waals surface area (Å²) in [6, 6.07) is 7.81. The van der Waals surface area contributed by atoms with Crippen molar-refractivity contribution in [3.05, 3.63) is 46.7 Å². The van der Waals surface area contributed by atoms with E-state index in [1.165, 1.54) is 11.8 Å². The third-order valence-corrected chi connectivity index (χ3v) is 4.26. The van der Waals surface area contributed by atoms with E-state index in [1.54, 1.807) is 21.0 Å². The number of carbonyl (C=O) groups excluding carboxylic acids is 2. The van der Waals surface area contributed by atoms with Crippen molar-refractivity contribution >= 4 is 33.4 Å². The lowest BCUT2D eigenvalue weighted by Gasteiger charge is -2.12. The highest BCUT2D eigenvalue weighted by Crippen LogP contribution is 2.38. The van der Waals surface area contributed by atoms with E-state index in [1.807, 2.05) is 31.2 Å². The molecule has 0 aliphatic heterocycles. The second kappa shape index (κ2) is 5.23. The molecule has 0 aliphatic carbocycles. The zero-order valence-electron chi connectivity index (χ0n) is 14.0. The van der Waals surface area contributed by atoms with Gasteiger partial charge in [0, 0.05) is 19.5 Å². The molecule has 3 aromatic rings. The van der Waals surface area contributed by atoms with Crippen molar-refractivity contribution in [3.8, 4) is 0 Å². The molecular formula is C19H19NO3. The SMILES string of the molecule is CC(=O)c1c(C)c2ccccc2c2c(C(=O)N(C)C)c(C)oc12. The van der Waals surface area contributed by atoms with Crippen LogP contribution in [0.1, 0.15) is 39.0 Å². The van der Waals surface area contributed by atoms with Gasteiger partial charge in [0.25, 0.3) is 5.91 Å². The molecule has 0 radical (unpaired) electrons. The van der Waals surface area contributed by atoms with Crippen molar-refractivity contribution in [3.63, 3.8) is 0 Å². The normalized spacial score (nSPS) is 11.2. The smallest absolute Gasteiger partial charge is 0.257 e. The lowest BCUT2D eigenvalue weighted by Crippen LogP contribution is -2.22. The molecule has 0 unspecified atom stereocenters. The first-order chi connectivity index (χ1) is 10.8. The molecule has 4 nitrogen and oxygen atoms in total. The molecule has 0 N–H and O–H groups in total. The summed E-state index contributed by atoms with van der Waals surface area (Å²) in [6.07, 6.45) is 0. The second-order valence-corrected chi connectivity index (χ2v) is 6.04. The van der Waals surface area contributed by atoms with Gasteiger partial charge in [-0.15, -0.1) is 0 Å². The number of hydrogen-bond donors (Lipinski definition) is 0. The highest BCUT2D eigenvalue weighted by Gasteiger charge is 2.26. The largest absolute Gasteiger partial charge is 0.460 e. The van der Waals surface area contributed by atoms with Gasteiger partial charge in [0.05, 0.1) is 11.1 Å². The van der Waals surface area contributed by atoms with Crippen LogP contribution in [0, 0.1) is 13.8 Å². The molecule has 1 amide bonds. The molecule has 118 valence electrons. The quantitative estimate of drug-likeness (QED) is 0.669. The molecule has 0 saturated carbocycles. The number of rotatable bonds is 2. The van der Waals surface area contributed by atoms with Crippen molar-refractivity contribution in [2.75, 3.05) is 14.1 Å². The Morgan fingerprint density at radius 2 is 1.61 bits per heavy atom. The Bertz CT molecular complexity index is 964. The molecule has 1 heterocycles. The van der Waals surface area contributed by atoms with E-state index in [2.05, 4.69) is 0 Å². The maximum absolute atomic E-state index is 12.6. The van der Waals surface area contributed by atoms with Crippen molar-refractivity contribution in [2.45, 2.75) is 20.8 Å². The van der Waals surface area contributed by atoms with E-state index < -0.39 is 0 Å². The average Bonchev–Trinajstić information content (AvgIpc) is 2.83. The van der Waals surface area contributed by atoms with Gasteiger partial charge in [-0.25, -0.2) is 0 Å². The fourth-order valence-electron chi connectivity index (χ4n) is 3.22. The molecule has 1 aromatic heterocycles. The lowest BCUT2D eigenvalue weighted by molar-refractivity contribution is 0.0827. The molecule has 0 atom stereocenters. The fraction of sp³-hybridized carbons (Fsp3) is 0.263. The number of furan rings is 1. The average molecular weight is 309 g/mol. The highest BCUT2D eigenvalue weighted by molar-refractivity contribution is 6.23. The summed E-state index contributed by atoms with van der Waals surface area (Å²) in [7, 11) is 3.42. The minimum atomic E-state index is -0.121. The number of amides is 1. The zero-order valence-corrected chi connectivity index (χ0v) is 14.0. The minimum absolute atomic E-state index is 0.0594. The van der Waals surface area contributed by atoms with E-state index in [-0.39, 0.29) is 11.7 Å².